The lowest BCUT2D eigenvalue weighted by molar-refractivity contribution is -0.0476. The van der Waals surface area contributed by atoms with E-state index < -0.39 is 23.4 Å². The second-order valence-electron chi connectivity index (χ2n) is 8.34. The minimum absolute atomic E-state index is 0.276. The van der Waals surface area contributed by atoms with E-state index in [0.29, 0.717) is 25.2 Å². The van der Waals surface area contributed by atoms with Gasteiger partial charge in [0.05, 0.1) is 43.6 Å². The highest BCUT2D eigenvalue weighted by molar-refractivity contribution is 9.11. The quantitative estimate of drug-likeness (QED) is 0.444. The number of aliphatic hydroxyl groups is 1. The first-order chi connectivity index (χ1) is 16.6. The van der Waals surface area contributed by atoms with E-state index in [-0.39, 0.29) is 18.6 Å². The number of aliphatic hydroxyl groups excluding tert-OH is 1. The topological polar surface area (TPSA) is 93.6 Å². The van der Waals surface area contributed by atoms with Crippen molar-refractivity contribution in [2.75, 3.05) is 6.61 Å². The molecule has 1 aromatic heterocycles. The van der Waals surface area contributed by atoms with Crippen molar-refractivity contribution in [3.63, 3.8) is 0 Å². The normalized spacial score (nSPS) is 22.4. The van der Waals surface area contributed by atoms with Crippen molar-refractivity contribution in [2.24, 2.45) is 5.92 Å². The lowest BCUT2D eigenvalue weighted by atomic mass is 10.0. The minimum Gasteiger partial charge on any atom is -0.390 e. The van der Waals surface area contributed by atoms with Gasteiger partial charge in [0.2, 0.25) is 0 Å². The predicted molar refractivity (Wildman–Crippen MR) is 134 cm³/mol. The maximum absolute atomic E-state index is 12.6. The maximum Gasteiger partial charge on any atom is 0.328 e. The summed E-state index contributed by atoms with van der Waals surface area (Å²) in [7, 11) is 0. The summed E-state index contributed by atoms with van der Waals surface area (Å²) >= 11 is 3.16. The summed E-state index contributed by atoms with van der Waals surface area (Å²) < 4.78 is 13.6. The third kappa shape index (κ3) is 5.82. The standard InChI is InChI=1S/C26H27BrN2O5/c27-12-11-20-14-29(26(32)28-25(20)31)22-13-23(34-16-19-9-5-2-6-10-19)21(24(22)30)17-33-15-18-7-3-1-4-8-18/h1-12,14,21-24,30H,13,15-17H2,(H,28,31,32)/b12-11+/t21-,22+,23+,24+/m1/s1. The number of H-pyrrole nitrogens is 1. The van der Waals surface area contributed by atoms with E-state index >= 15 is 0 Å². The molecule has 2 N–H and O–H groups in total. The number of rotatable bonds is 9. The Kier molecular flexibility index (Phi) is 8.29. The van der Waals surface area contributed by atoms with Gasteiger partial charge in [0.15, 0.2) is 0 Å². The predicted octanol–water partition coefficient (Wildman–Crippen LogP) is 3.63. The summed E-state index contributed by atoms with van der Waals surface area (Å²) in [5, 5.41) is 11.2. The fourth-order valence-electron chi connectivity index (χ4n) is 4.33. The summed E-state index contributed by atoms with van der Waals surface area (Å²) in [5.41, 5.74) is 1.33. The fraction of sp³-hybridized carbons (Fsp3) is 0.308. The molecule has 1 heterocycles. The van der Waals surface area contributed by atoms with Gasteiger partial charge in [-0.1, -0.05) is 76.6 Å². The molecule has 34 heavy (non-hydrogen) atoms. The number of hydrogen-bond donors (Lipinski definition) is 2. The van der Waals surface area contributed by atoms with Gasteiger partial charge in [-0.25, -0.2) is 4.79 Å². The van der Waals surface area contributed by atoms with E-state index in [1.54, 1.807) is 11.1 Å². The largest absolute Gasteiger partial charge is 0.390 e. The Morgan fingerprint density at radius 3 is 2.32 bits per heavy atom. The summed E-state index contributed by atoms with van der Waals surface area (Å²) in [5.74, 6) is -0.341. The van der Waals surface area contributed by atoms with Crippen LogP contribution in [0.2, 0.25) is 0 Å². The molecule has 8 heteroatoms. The highest BCUT2D eigenvalue weighted by Gasteiger charge is 2.44. The van der Waals surface area contributed by atoms with Crippen molar-refractivity contribution in [1.29, 1.82) is 0 Å². The molecular weight excluding hydrogens is 500 g/mol. The van der Waals surface area contributed by atoms with Crippen LogP contribution in [0, 0.1) is 5.92 Å². The van der Waals surface area contributed by atoms with Crippen LogP contribution in [-0.4, -0.2) is 33.5 Å². The molecule has 1 fully saturated rings. The van der Waals surface area contributed by atoms with Crippen molar-refractivity contribution in [3.8, 4) is 0 Å². The van der Waals surface area contributed by atoms with Crippen molar-refractivity contribution in [2.45, 2.75) is 37.9 Å². The molecule has 0 spiro atoms. The van der Waals surface area contributed by atoms with Gasteiger partial charge >= 0.3 is 5.69 Å². The van der Waals surface area contributed by atoms with Gasteiger partial charge < -0.3 is 14.6 Å². The van der Waals surface area contributed by atoms with Gasteiger partial charge in [-0.2, -0.15) is 0 Å². The number of benzene rings is 2. The van der Waals surface area contributed by atoms with Crippen LogP contribution in [0.1, 0.15) is 29.2 Å². The molecular formula is C26H27BrN2O5. The Morgan fingerprint density at radius 2 is 1.68 bits per heavy atom. The van der Waals surface area contributed by atoms with Gasteiger partial charge in [0.25, 0.3) is 5.56 Å². The lowest BCUT2D eigenvalue weighted by Gasteiger charge is -2.23. The monoisotopic (exact) mass is 526 g/mol. The molecule has 0 unspecified atom stereocenters. The fourth-order valence-corrected chi connectivity index (χ4v) is 4.62. The van der Waals surface area contributed by atoms with E-state index in [1.807, 2.05) is 60.7 Å². The van der Waals surface area contributed by atoms with Crippen LogP contribution in [0.15, 0.2) is 81.4 Å². The number of ether oxygens (including phenoxy) is 2. The second kappa shape index (κ2) is 11.6. The minimum atomic E-state index is -0.888. The molecule has 4 atom stereocenters. The smallest absolute Gasteiger partial charge is 0.328 e. The van der Waals surface area contributed by atoms with Gasteiger partial charge in [-0.3, -0.25) is 14.3 Å². The van der Waals surface area contributed by atoms with Crippen molar-refractivity contribution in [1.82, 2.24) is 9.55 Å². The second-order valence-corrected chi connectivity index (χ2v) is 8.87. The molecule has 1 aliphatic rings. The highest BCUT2D eigenvalue weighted by atomic mass is 79.9. The molecule has 1 saturated carbocycles. The van der Waals surface area contributed by atoms with Gasteiger partial charge in [0.1, 0.15) is 0 Å². The molecule has 3 aromatic rings. The third-order valence-electron chi connectivity index (χ3n) is 6.11. The molecule has 1 aliphatic carbocycles. The molecule has 0 aliphatic heterocycles. The van der Waals surface area contributed by atoms with Crippen LogP contribution >= 0.6 is 15.9 Å². The first-order valence-electron chi connectivity index (χ1n) is 11.1. The number of nitrogens with zero attached hydrogens (tertiary/aromatic N) is 1. The molecule has 2 aromatic carbocycles. The summed E-state index contributed by atoms with van der Waals surface area (Å²) in [6, 6.07) is 19.1. The molecule has 0 saturated heterocycles. The average molecular weight is 527 g/mol. The summed E-state index contributed by atoms with van der Waals surface area (Å²) in [4.78, 5) is 28.6. The Morgan fingerprint density at radius 1 is 1.03 bits per heavy atom. The zero-order valence-electron chi connectivity index (χ0n) is 18.5. The summed E-state index contributed by atoms with van der Waals surface area (Å²) in [6.07, 6.45) is 2.23. The van der Waals surface area contributed by atoms with Crippen molar-refractivity contribution in [3.05, 3.63) is 109 Å². The van der Waals surface area contributed by atoms with E-state index in [4.69, 9.17) is 9.47 Å². The molecule has 0 radical (unpaired) electrons. The van der Waals surface area contributed by atoms with Gasteiger partial charge in [-0.05, 0) is 28.6 Å². The summed E-state index contributed by atoms with van der Waals surface area (Å²) in [6.45, 7) is 1.08. The zero-order chi connectivity index (χ0) is 23.9. The third-order valence-corrected chi connectivity index (χ3v) is 6.37. The van der Waals surface area contributed by atoms with E-state index in [9.17, 15) is 14.7 Å². The SMILES string of the molecule is O=c1[nH]c(=O)n([C@H]2C[C@H](OCc3ccccc3)[C@@H](COCc3ccccc3)[C@@H]2O)cc1/C=C/Br. The Hall–Kier alpha value is -2.78. The lowest BCUT2D eigenvalue weighted by Crippen LogP contribution is -2.37. The van der Waals surface area contributed by atoms with Crippen LogP contribution in [-0.2, 0) is 22.7 Å². The highest BCUT2D eigenvalue weighted by Crippen LogP contribution is 2.37. The van der Waals surface area contributed by atoms with Gasteiger partial charge in [-0.15, -0.1) is 0 Å². The van der Waals surface area contributed by atoms with E-state index in [2.05, 4.69) is 20.9 Å². The number of hydrogen-bond acceptors (Lipinski definition) is 5. The van der Waals surface area contributed by atoms with Crippen molar-refractivity contribution >= 4 is 22.0 Å². The zero-order valence-corrected chi connectivity index (χ0v) is 20.1. The number of halogens is 1. The maximum atomic E-state index is 12.6. The number of aromatic amines is 1. The van der Waals surface area contributed by atoms with Gasteiger partial charge in [0, 0.05) is 12.1 Å². The molecule has 0 amide bonds. The molecule has 4 rings (SSSR count). The van der Waals surface area contributed by atoms with E-state index in [1.165, 1.54) is 10.8 Å². The van der Waals surface area contributed by atoms with Crippen LogP contribution in [0.4, 0.5) is 0 Å². The molecule has 178 valence electrons. The Balaban J connectivity index is 1.54. The first-order valence-corrected chi connectivity index (χ1v) is 12.1. The van der Waals surface area contributed by atoms with Crippen LogP contribution in [0.25, 0.3) is 6.08 Å². The van der Waals surface area contributed by atoms with Crippen LogP contribution < -0.4 is 11.2 Å². The first kappa shape index (κ1) is 24.3. The van der Waals surface area contributed by atoms with Crippen LogP contribution in [0.3, 0.4) is 0 Å². The number of nitrogens with one attached hydrogen (secondary N) is 1. The molecule has 0 bridgehead atoms. The van der Waals surface area contributed by atoms with E-state index in [0.717, 1.165) is 11.1 Å². The molecule has 7 nitrogen and oxygen atoms in total. The Labute approximate surface area is 205 Å². The number of aromatic nitrogens is 2. The van der Waals surface area contributed by atoms with Crippen molar-refractivity contribution < 1.29 is 14.6 Å². The average Bonchev–Trinajstić information content (AvgIpc) is 3.16. The van der Waals surface area contributed by atoms with Crippen LogP contribution in [0.5, 0.6) is 0 Å². The Bertz CT molecular complexity index is 1210.